The van der Waals surface area contributed by atoms with E-state index in [1.807, 2.05) is 6.92 Å². The van der Waals surface area contributed by atoms with Gasteiger partial charge in [-0.05, 0) is 11.1 Å². The lowest BCUT2D eigenvalue weighted by Crippen LogP contribution is -2.41. The third-order valence-corrected chi connectivity index (χ3v) is 4.92. The Balaban J connectivity index is 1.89. The minimum absolute atomic E-state index is 0.00480. The average molecular weight is 370 g/mol. The summed E-state index contributed by atoms with van der Waals surface area (Å²) in [6.07, 6.45) is 0.457. The van der Waals surface area contributed by atoms with Gasteiger partial charge < -0.3 is 10.5 Å². The van der Waals surface area contributed by atoms with Gasteiger partial charge in [-0.25, -0.2) is 0 Å². The molecular formula is C18H18N4O5. The molecule has 1 aliphatic heterocycles. The van der Waals surface area contributed by atoms with Crippen LogP contribution in [0.4, 0.5) is 11.4 Å². The summed E-state index contributed by atoms with van der Waals surface area (Å²) in [7, 11) is 0. The van der Waals surface area contributed by atoms with Crippen LogP contribution in [-0.4, -0.2) is 20.8 Å². The SMILES string of the molecule is C[C@@H]1/C(=N\O)C[C@H](c2ccc([N+](=O)[O-])cc2)N[C@@H]1c1ccc([N+](=O)[O-])cc1. The summed E-state index contributed by atoms with van der Waals surface area (Å²) < 4.78 is 0. The number of oxime groups is 1. The van der Waals surface area contributed by atoms with Crippen molar-refractivity contribution < 1.29 is 15.1 Å². The highest BCUT2D eigenvalue weighted by Gasteiger charge is 2.34. The van der Waals surface area contributed by atoms with Crippen molar-refractivity contribution in [1.29, 1.82) is 0 Å². The number of nitro groups is 2. The van der Waals surface area contributed by atoms with Crippen molar-refractivity contribution in [3.8, 4) is 0 Å². The Bertz CT molecular complexity index is 880. The summed E-state index contributed by atoms with van der Waals surface area (Å²) >= 11 is 0. The van der Waals surface area contributed by atoms with Crippen molar-refractivity contribution in [2.24, 2.45) is 11.1 Å². The van der Waals surface area contributed by atoms with Gasteiger partial charge in [-0.1, -0.05) is 36.3 Å². The van der Waals surface area contributed by atoms with Gasteiger partial charge in [0.15, 0.2) is 0 Å². The van der Waals surface area contributed by atoms with E-state index in [9.17, 15) is 25.4 Å². The minimum Gasteiger partial charge on any atom is -0.411 e. The molecule has 1 heterocycles. The van der Waals surface area contributed by atoms with E-state index in [1.54, 1.807) is 24.3 Å². The number of nitrogens with zero attached hydrogens (tertiary/aromatic N) is 3. The molecule has 3 atom stereocenters. The lowest BCUT2D eigenvalue weighted by atomic mass is 9.81. The van der Waals surface area contributed by atoms with Crippen LogP contribution >= 0.6 is 0 Å². The quantitative estimate of drug-likeness (QED) is 0.479. The summed E-state index contributed by atoms with van der Waals surface area (Å²) in [5.41, 5.74) is 2.28. The summed E-state index contributed by atoms with van der Waals surface area (Å²) in [5, 5.41) is 38.0. The number of rotatable bonds is 4. The maximum Gasteiger partial charge on any atom is 0.269 e. The van der Waals surface area contributed by atoms with Crippen LogP contribution in [0.25, 0.3) is 0 Å². The van der Waals surface area contributed by atoms with Crippen molar-refractivity contribution in [2.75, 3.05) is 0 Å². The smallest absolute Gasteiger partial charge is 0.269 e. The highest BCUT2D eigenvalue weighted by atomic mass is 16.6. The van der Waals surface area contributed by atoms with Crippen LogP contribution in [0.1, 0.15) is 36.6 Å². The predicted molar refractivity (Wildman–Crippen MR) is 97.8 cm³/mol. The first-order valence-electron chi connectivity index (χ1n) is 8.36. The predicted octanol–water partition coefficient (Wildman–Crippen LogP) is 3.75. The molecule has 9 nitrogen and oxygen atoms in total. The Kier molecular flexibility index (Phi) is 5.13. The molecule has 0 spiro atoms. The molecule has 0 amide bonds. The monoisotopic (exact) mass is 370 g/mol. The van der Waals surface area contributed by atoms with Gasteiger partial charge in [0.1, 0.15) is 0 Å². The fraction of sp³-hybridized carbons (Fsp3) is 0.278. The molecule has 3 rings (SSSR count). The van der Waals surface area contributed by atoms with E-state index in [-0.39, 0.29) is 29.4 Å². The van der Waals surface area contributed by atoms with Gasteiger partial charge in [-0.2, -0.15) is 0 Å². The lowest BCUT2D eigenvalue weighted by molar-refractivity contribution is -0.385. The van der Waals surface area contributed by atoms with Gasteiger partial charge in [0.2, 0.25) is 0 Å². The van der Waals surface area contributed by atoms with E-state index in [4.69, 9.17) is 0 Å². The summed E-state index contributed by atoms with van der Waals surface area (Å²) in [5.74, 6) is -0.120. The first-order valence-corrected chi connectivity index (χ1v) is 8.36. The Morgan fingerprint density at radius 2 is 1.44 bits per heavy atom. The first-order chi connectivity index (χ1) is 12.9. The molecule has 1 fully saturated rings. The molecule has 0 unspecified atom stereocenters. The van der Waals surface area contributed by atoms with Gasteiger partial charge in [0.25, 0.3) is 11.4 Å². The normalized spacial score (nSPS) is 23.9. The van der Waals surface area contributed by atoms with E-state index >= 15 is 0 Å². The molecule has 2 N–H and O–H groups in total. The van der Waals surface area contributed by atoms with Crippen LogP contribution < -0.4 is 5.32 Å². The van der Waals surface area contributed by atoms with Gasteiger partial charge in [0, 0.05) is 48.7 Å². The van der Waals surface area contributed by atoms with Crippen LogP contribution in [0, 0.1) is 26.1 Å². The number of benzene rings is 2. The van der Waals surface area contributed by atoms with Gasteiger partial charge in [-0.15, -0.1) is 0 Å². The molecule has 0 aliphatic carbocycles. The number of non-ortho nitro benzene ring substituents is 2. The van der Waals surface area contributed by atoms with Crippen molar-refractivity contribution in [2.45, 2.75) is 25.4 Å². The summed E-state index contributed by atoms with van der Waals surface area (Å²) in [6, 6.07) is 12.0. The zero-order valence-electron chi connectivity index (χ0n) is 14.5. The fourth-order valence-electron chi connectivity index (χ4n) is 3.37. The number of nitrogens with one attached hydrogen (secondary N) is 1. The molecule has 140 valence electrons. The Hall–Kier alpha value is -3.33. The second-order valence-corrected chi connectivity index (χ2v) is 6.48. The van der Waals surface area contributed by atoms with Crippen molar-refractivity contribution in [1.82, 2.24) is 5.32 Å². The molecule has 0 saturated carbocycles. The van der Waals surface area contributed by atoms with Gasteiger partial charge >= 0.3 is 0 Å². The molecule has 9 heteroatoms. The average Bonchev–Trinajstić information content (AvgIpc) is 2.68. The Morgan fingerprint density at radius 1 is 0.963 bits per heavy atom. The molecular weight excluding hydrogens is 352 g/mol. The van der Waals surface area contributed by atoms with E-state index in [2.05, 4.69) is 10.5 Å². The van der Waals surface area contributed by atoms with Crippen molar-refractivity contribution in [3.05, 3.63) is 79.9 Å². The maximum atomic E-state index is 10.9. The first kappa shape index (κ1) is 18.5. The number of piperidine rings is 1. The third kappa shape index (κ3) is 3.77. The number of hydrogen-bond donors (Lipinski definition) is 2. The molecule has 1 saturated heterocycles. The number of hydrogen-bond acceptors (Lipinski definition) is 7. The van der Waals surface area contributed by atoms with Crippen LogP contribution in [0.3, 0.4) is 0 Å². The van der Waals surface area contributed by atoms with E-state index in [0.717, 1.165) is 11.1 Å². The topological polar surface area (TPSA) is 131 Å². The lowest BCUT2D eigenvalue weighted by Gasteiger charge is -2.37. The third-order valence-electron chi connectivity index (χ3n) is 4.92. The van der Waals surface area contributed by atoms with Crippen molar-refractivity contribution in [3.63, 3.8) is 0 Å². The van der Waals surface area contributed by atoms with Crippen LogP contribution in [-0.2, 0) is 0 Å². The maximum absolute atomic E-state index is 10.9. The molecule has 0 bridgehead atoms. The second-order valence-electron chi connectivity index (χ2n) is 6.48. The van der Waals surface area contributed by atoms with Gasteiger partial charge in [-0.3, -0.25) is 20.2 Å². The Labute approximate surface area is 154 Å². The fourth-order valence-corrected chi connectivity index (χ4v) is 3.37. The molecule has 0 radical (unpaired) electrons. The highest BCUT2D eigenvalue weighted by molar-refractivity contribution is 5.88. The zero-order chi connectivity index (χ0) is 19.6. The van der Waals surface area contributed by atoms with Crippen LogP contribution in [0.2, 0.25) is 0 Å². The summed E-state index contributed by atoms with van der Waals surface area (Å²) in [6.45, 7) is 1.92. The standard InChI is InChI=1S/C18H18N4O5/c1-11-16(20-23)10-17(12-2-6-14(7-3-12)21(24)25)19-18(11)13-4-8-15(9-5-13)22(26)27/h2-9,11,17-19,23H,10H2,1H3/b20-16-/t11-,17-,18+/m1/s1. The molecule has 2 aromatic carbocycles. The van der Waals surface area contributed by atoms with Crippen LogP contribution in [0.5, 0.6) is 0 Å². The molecule has 27 heavy (non-hydrogen) atoms. The van der Waals surface area contributed by atoms with Crippen LogP contribution in [0.15, 0.2) is 53.7 Å². The van der Waals surface area contributed by atoms with E-state index in [1.165, 1.54) is 24.3 Å². The number of nitro benzene ring substituents is 2. The molecule has 1 aliphatic rings. The largest absolute Gasteiger partial charge is 0.411 e. The second kappa shape index (κ2) is 7.50. The molecule has 2 aromatic rings. The Morgan fingerprint density at radius 3 is 1.89 bits per heavy atom. The van der Waals surface area contributed by atoms with Gasteiger partial charge in [0.05, 0.1) is 15.6 Å². The minimum atomic E-state index is -0.458. The molecule has 0 aromatic heterocycles. The summed E-state index contributed by atoms with van der Waals surface area (Å²) in [4.78, 5) is 20.8. The van der Waals surface area contributed by atoms with E-state index < -0.39 is 9.85 Å². The zero-order valence-corrected chi connectivity index (χ0v) is 14.5. The van der Waals surface area contributed by atoms with Crippen molar-refractivity contribution >= 4 is 17.1 Å². The highest BCUT2D eigenvalue weighted by Crippen LogP contribution is 2.36. The van der Waals surface area contributed by atoms with E-state index in [0.29, 0.717) is 12.1 Å².